The molecule has 1 saturated carbocycles. The van der Waals surface area contributed by atoms with Gasteiger partial charge in [0.05, 0.1) is 4.90 Å². The molecule has 0 saturated heterocycles. The highest BCUT2D eigenvalue weighted by Gasteiger charge is 2.33. The van der Waals surface area contributed by atoms with Crippen molar-refractivity contribution in [3.63, 3.8) is 0 Å². The molecular weight excluding hydrogens is 314 g/mol. The lowest BCUT2D eigenvalue weighted by Gasteiger charge is -2.27. The van der Waals surface area contributed by atoms with E-state index < -0.39 is 22.0 Å². The monoisotopic (exact) mass is 331 g/mol. The largest absolute Gasteiger partial charge is 0.480 e. The van der Waals surface area contributed by atoms with Crippen molar-refractivity contribution in [2.24, 2.45) is 5.92 Å². The normalized spacial score (nSPS) is 18.3. The highest BCUT2D eigenvalue weighted by Crippen LogP contribution is 2.27. The molecule has 1 aliphatic rings. The molecule has 1 aromatic rings. The fourth-order valence-corrected chi connectivity index (χ4v) is 4.24. The van der Waals surface area contributed by atoms with Crippen molar-refractivity contribution >= 4 is 27.6 Å². The molecule has 116 valence electrons. The van der Waals surface area contributed by atoms with E-state index >= 15 is 0 Å². The molecular formula is C14H18ClNO4S. The average Bonchev–Trinajstić information content (AvgIpc) is 2.45. The fourth-order valence-electron chi connectivity index (χ4n) is 2.69. The number of nitrogens with one attached hydrogen (secondary N) is 1. The number of carbonyl (C=O) groups is 1. The molecule has 0 radical (unpaired) electrons. The Labute approximate surface area is 129 Å². The number of carboxylic acid groups (broad SMARTS) is 1. The molecule has 1 unspecified atom stereocenters. The second kappa shape index (κ2) is 6.77. The van der Waals surface area contributed by atoms with E-state index in [1.807, 2.05) is 0 Å². The van der Waals surface area contributed by atoms with Crippen LogP contribution in [0.15, 0.2) is 29.2 Å². The lowest BCUT2D eigenvalue weighted by atomic mass is 9.84. The zero-order valence-corrected chi connectivity index (χ0v) is 13.0. The van der Waals surface area contributed by atoms with Crippen molar-refractivity contribution < 1.29 is 18.3 Å². The standard InChI is InChI=1S/C14H18ClNO4S/c15-11-7-4-8-12(9-11)21(19,20)16-13(14(17)18)10-5-2-1-3-6-10/h4,7-10,13,16H,1-3,5-6H2,(H,17,18). The van der Waals surface area contributed by atoms with Gasteiger partial charge < -0.3 is 5.11 Å². The highest BCUT2D eigenvalue weighted by atomic mass is 35.5. The summed E-state index contributed by atoms with van der Waals surface area (Å²) < 4.78 is 26.9. The summed E-state index contributed by atoms with van der Waals surface area (Å²) in [7, 11) is -3.89. The first-order valence-electron chi connectivity index (χ1n) is 6.91. The van der Waals surface area contributed by atoms with Gasteiger partial charge in [0.2, 0.25) is 10.0 Å². The molecule has 0 amide bonds. The van der Waals surface area contributed by atoms with E-state index in [1.54, 1.807) is 6.07 Å². The minimum Gasteiger partial charge on any atom is -0.480 e. The SMILES string of the molecule is O=C(O)C(NS(=O)(=O)c1cccc(Cl)c1)C1CCCCC1. The Hall–Kier alpha value is -1.11. The molecule has 0 aromatic heterocycles. The molecule has 0 aliphatic heterocycles. The molecule has 0 heterocycles. The van der Waals surface area contributed by atoms with Crippen molar-refractivity contribution in [1.29, 1.82) is 0 Å². The predicted molar refractivity (Wildman–Crippen MR) is 79.8 cm³/mol. The maximum Gasteiger partial charge on any atom is 0.322 e. The zero-order valence-electron chi connectivity index (χ0n) is 11.5. The van der Waals surface area contributed by atoms with Crippen LogP contribution in [0.2, 0.25) is 5.02 Å². The van der Waals surface area contributed by atoms with Gasteiger partial charge in [-0.05, 0) is 37.0 Å². The molecule has 0 bridgehead atoms. The van der Waals surface area contributed by atoms with Crippen molar-refractivity contribution in [2.75, 3.05) is 0 Å². The second-order valence-electron chi connectivity index (χ2n) is 5.29. The maximum atomic E-state index is 12.3. The summed E-state index contributed by atoms with van der Waals surface area (Å²) in [5, 5.41) is 9.63. The van der Waals surface area contributed by atoms with Crippen LogP contribution in [-0.2, 0) is 14.8 Å². The van der Waals surface area contributed by atoms with Crippen LogP contribution in [-0.4, -0.2) is 25.5 Å². The fraction of sp³-hybridized carbons (Fsp3) is 0.500. The van der Waals surface area contributed by atoms with Crippen molar-refractivity contribution in [2.45, 2.75) is 43.0 Å². The summed E-state index contributed by atoms with van der Waals surface area (Å²) in [6.45, 7) is 0. The lowest BCUT2D eigenvalue weighted by Crippen LogP contribution is -2.46. The van der Waals surface area contributed by atoms with Gasteiger partial charge in [0.1, 0.15) is 6.04 Å². The minimum atomic E-state index is -3.89. The first-order valence-corrected chi connectivity index (χ1v) is 8.77. The molecule has 21 heavy (non-hydrogen) atoms. The van der Waals surface area contributed by atoms with E-state index in [1.165, 1.54) is 18.2 Å². The summed E-state index contributed by atoms with van der Waals surface area (Å²) in [6, 6.07) is 4.70. The zero-order chi connectivity index (χ0) is 15.5. The number of hydrogen-bond donors (Lipinski definition) is 2. The number of sulfonamides is 1. The molecule has 2 rings (SSSR count). The molecule has 7 heteroatoms. The van der Waals surface area contributed by atoms with Gasteiger partial charge in [0, 0.05) is 5.02 Å². The van der Waals surface area contributed by atoms with E-state index in [-0.39, 0.29) is 10.8 Å². The first-order chi connectivity index (χ1) is 9.90. The Balaban J connectivity index is 2.21. The van der Waals surface area contributed by atoms with E-state index in [2.05, 4.69) is 4.72 Å². The van der Waals surface area contributed by atoms with E-state index in [4.69, 9.17) is 11.6 Å². The smallest absolute Gasteiger partial charge is 0.322 e. The third kappa shape index (κ3) is 4.18. The molecule has 2 N–H and O–H groups in total. The van der Waals surface area contributed by atoms with Crippen molar-refractivity contribution in [1.82, 2.24) is 4.72 Å². The Morgan fingerprint density at radius 2 is 1.95 bits per heavy atom. The molecule has 1 atom stereocenters. The third-order valence-corrected chi connectivity index (χ3v) is 5.45. The lowest BCUT2D eigenvalue weighted by molar-refractivity contribution is -0.140. The van der Waals surface area contributed by atoms with Crippen molar-refractivity contribution in [3.8, 4) is 0 Å². The van der Waals surface area contributed by atoms with Gasteiger partial charge in [0.25, 0.3) is 0 Å². The molecule has 1 aromatic carbocycles. The number of hydrogen-bond acceptors (Lipinski definition) is 3. The van der Waals surface area contributed by atoms with Crippen LogP contribution in [0.25, 0.3) is 0 Å². The first kappa shape index (κ1) is 16.3. The van der Waals surface area contributed by atoms with Gasteiger partial charge >= 0.3 is 5.97 Å². The van der Waals surface area contributed by atoms with E-state index in [9.17, 15) is 18.3 Å². The predicted octanol–water partition coefficient (Wildman–Crippen LogP) is 2.65. The summed E-state index contributed by atoms with van der Waals surface area (Å²) in [6.07, 6.45) is 4.41. The van der Waals surface area contributed by atoms with Crippen LogP contribution in [0.3, 0.4) is 0 Å². The topological polar surface area (TPSA) is 83.5 Å². The summed E-state index contributed by atoms with van der Waals surface area (Å²) in [5.41, 5.74) is 0. The van der Waals surface area contributed by atoms with Gasteiger partial charge in [-0.1, -0.05) is 36.9 Å². The number of rotatable bonds is 5. The maximum absolute atomic E-state index is 12.3. The van der Waals surface area contributed by atoms with E-state index in [0.717, 1.165) is 32.1 Å². The van der Waals surface area contributed by atoms with E-state index in [0.29, 0.717) is 5.02 Å². The number of halogens is 1. The van der Waals surface area contributed by atoms with Gasteiger partial charge in [-0.2, -0.15) is 4.72 Å². The summed E-state index contributed by atoms with van der Waals surface area (Å²) in [4.78, 5) is 11.4. The average molecular weight is 332 g/mol. The number of carboxylic acids is 1. The number of benzene rings is 1. The Morgan fingerprint density at radius 3 is 2.52 bits per heavy atom. The highest BCUT2D eigenvalue weighted by molar-refractivity contribution is 7.89. The second-order valence-corrected chi connectivity index (χ2v) is 7.44. The van der Waals surface area contributed by atoms with Crippen LogP contribution >= 0.6 is 11.6 Å². The van der Waals surface area contributed by atoms with Gasteiger partial charge in [-0.3, -0.25) is 4.79 Å². The van der Waals surface area contributed by atoms with Crippen LogP contribution in [0.4, 0.5) is 0 Å². The number of aliphatic carboxylic acids is 1. The Kier molecular flexibility index (Phi) is 5.24. The van der Waals surface area contributed by atoms with Crippen molar-refractivity contribution in [3.05, 3.63) is 29.3 Å². The van der Waals surface area contributed by atoms with Gasteiger partial charge in [-0.15, -0.1) is 0 Å². The van der Waals surface area contributed by atoms with Crippen LogP contribution in [0.5, 0.6) is 0 Å². The summed E-state index contributed by atoms with van der Waals surface area (Å²) in [5.74, 6) is -1.29. The molecule has 1 aliphatic carbocycles. The van der Waals surface area contributed by atoms with Crippen LogP contribution in [0, 0.1) is 5.92 Å². The molecule has 0 spiro atoms. The van der Waals surface area contributed by atoms with Crippen LogP contribution in [0.1, 0.15) is 32.1 Å². The van der Waals surface area contributed by atoms with Gasteiger partial charge in [-0.25, -0.2) is 8.42 Å². The molecule has 1 fully saturated rings. The summed E-state index contributed by atoms with van der Waals surface area (Å²) >= 11 is 5.79. The molecule has 5 nitrogen and oxygen atoms in total. The quantitative estimate of drug-likeness (QED) is 0.868. The third-order valence-electron chi connectivity index (χ3n) is 3.78. The Morgan fingerprint density at radius 1 is 1.29 bits per heavy atom. The van der Waals surface area contributed by atoms with Gasteiger partial charge in [0.15, 0.2) is 0 Å². The Bertz CT molecular complexity index is 611. The van der Waals surface area contributed by atoms with Crippen LogP contribution < -0.4 is 4.72 Å². The minimum absolute atomic E-state index is 0.0166.